The van der Waals surface area contributed by atoms with Crippen LogP contribution in [-0.2, 0) is 11.3 Å². The third-order valence-corrected chi connectivity index (χ3v) is 2.45. The molecule has 0 radical (unpaired) electrons. The zero-order chi connectivity index (χ0) is 9.64. The predicted octanol–water partition coefficient (Wildman–Crippen LogP) is 1.35. The highest BCUT2D eigenvalue weighted by atomic mass is 16.5. The van der Waals surface area contributed by atoms with Crippen LogP contribution in [0.3, 0.4) is 0 Å². The van der Waals surface area contributed by atoms with Gasteiger partial charge in [0.15, 0.2) is 0 Å². The van der Waals surface area contributed by atoms with Crippen molar-refractivity contribution >= 4 is 0 Å². The lowest BCUT2D eigenvalue weighted by Crippen LogP contribution is -2.25. The molecule has 2 rings (SSSR count). The zero-order valence-corrected chi connectivity index (χ0v) is 8.28. The second-order valence-electron chi connectivity index (χ2n) is 3.63. The number of hydrogen-bond donors (Lipinski definition) is 1. The van der Waals surface area contributed by atoms with Crippen molar-refractivity contribution in [3.05, 3.63) is 30.1 Å². The van der Waals surface area contributed by atoms with Gasteiger partial charge in [-0.25, -0.2) is 0 Å². The van der Waals surface area contributed by atoms with E-state index in [0.717, 1.165) is 19.7 Å². The molecule has 1 N–H and O–H groups in total. The van der Waals surface area contributed by atoms with Gasteiger partial charge in [0.1, 0.15) is 0 Å². The fourth-order valence-corrected chi connectivity index (χ4v) is 1.69. The highest BCUT2D eigenvalue weighted by Gasteiger charge is 2.14. The molecular formula is C11H16N2O. The number of ether oxygens (including phenoxy) is 1. The van der Waals surface area contributed by atoms with Crippen molar-refractivity contribution in [1.29, 1.82) is 0 Å². The van der Waals surface area contributed by atoms with Crippen molar-refractivity contribution in [2.45, 2.75) is 25.5 Å². The van der Waals surface area contributed by atoms with E-state index >= 15 is 0 Å². The molecule has 76 valence electrons. The second kappa shape index (κ2) is 5.08. The Labute approximate surface area is 84.5 Å². The van der Waals surface area contributed by atoms with Crippen LogP contribution in [0.25, 0.3) is 0 Å². The first-order valence-corrected chi connectivity index (χ1v) is 5.16. The van der Waals surface area contributed by atoms with Gasteiger partial charge in [-0.05, 0) is 24.5 Å². The Morgan fingerprint density at radius 2 is 2.57 bits per heavy atom. The number of rotatable bonds is 4. The van der Waals surface area contributed by atoms with Crippen LogP contribution in [0, 0.1) is 0 Å². The summed E-state index contributed by atoms with van der Waals surface area (Å²) in [4.78, 5) is 4.06. The standard InChI is InChI=1S/C11H16N2O/c1-3-10(7-12-5-1)8-13-9-11-4-2-6-14-11/h1,3,5,7,11,13H,2,4,6,8-9H2. The van der Waals surface area contributed by atoms with Crippen molar-refractivity contribution in [2.75, 3.05) is 13.2 Å². The molecule has 3 nitrogen and oxygen atoms in total. The van der Waals surface area contributed by atoms with Crippen LogP contribution in [0.1, 0.15) is 18.4 Å². The first-order chi connectivity index (χ1) is 6.95. The quantitative estimate of drug-likeness (QED) is 0.782. The van der Waals surface area contributed by atoms with Crippen molar-refractivity contribution in [3.63, 3.8) is 0 Å². The minimum atomic E-state index is 0.423. The molecule has 0 bridgehead atoms. The molecule has 1 fully saturated rings. The lowest BCUT2D eigenvalue weighted by Gasteiger charge is -2.10. The number of pyridine rings is 1. The Morgan fingerprint density at radius 1 is 1.57 bits per heavy atom. The summed E-state index contributed by atoms with van der Waals surface area (Å²) < 4.78 is 5.51. The largest absolute Gasteiger partial charge is 0.377 e. The van der Waals surface area contributed by atoms with E-state index in [1.165, 1.54) is 18.4 Å². The topological polar surface area (TPSA) is 34.2 Å². The summed E-state index contributed by atoms with van der Waals surface area (Å²) in [5.74, 6) is 0. The molecule has 0 amide bonds. The minimum absolute atomic E-state index is 0.423. The Kier molecular flexibility index (Phi) is 3.49. The van der Waals surface area contributed by atoms with Gasteiger partial charge >= 0.3 is 0 Å². The van der Waals surface area contributed by atoms with E-state index in [-0.39, 0.29) is 0 Å². The van der Waals surface area contributed by atoms with Gasteiger partial charge in [-0.15, -0.1) is 0 Å². The average Bonchev–Trinajstić information content (AvgIpc) is 2.72. The first-order valence-electron chi connectivity index (χ1n) is 5.16. The van der Waals surface area contributed by atoms with Crippen molar-refractivity contribution in [1.82, 2.24) is 10.3 Å². The Balaban J connectivity index is 1.67. The maximum absolute atomic E-state index is 5.51. The molecule has 1 aromatic heterocycles. The molecule has 14 heavy (non-hydrogen) atoms. The Bertz CT molecular complexity index is 257. The van der Waals surface area contributed by atoms with Gasteiger partial charge < -0.3 is 10.1 Å². The minimum Gasteiger partial charge on any atom is -0.377 e. The van der Waals surface area contributed by atoms with Gasteiger partial charge in [0.25, 0.3) is 0 Å². The number of aromatic nitrogens is 1. The molecule has 1 unspecified atom stereocenters. The molecule has 2 heterocycles. The van der Waals surface area contributed by atoms with Gasteiger partial charge in [0, 0.05) is 32.1 Å². The summed E-state index contributed by atoms with van der Waals surface area (Å²) in [5.41, 5.74) is 1.23. The predicted molar refractivity (Wildman–Crippen MR) is 54.9 cm³/mol. The number of nitrogens with one attached hydrogen (secondary N) is 1. The third kappa shape index (κ3) is 2.79. The van der Waals surface area contributed by atoms with Crippen LogP contribution in [0.15, 0.2) is 24.5 Å². The van der Waals surface area contributed by atoms with Crippen LogP contribution in [0.2, 0.25) is 0 Å². The fourth-order valence-electron chi connectivity index (χ4n) is 1.69. The van der Waals surface area contributed by atoms with Crippen LogP contribution >= 0.6 is 0 Å². The molecule has 0 aromatic carbocycles. The summed E-state index contributed by atoms with van der Waals surface area (Å²) >= 11 is 0. The van der Waals surface area contributed by atoms with E-state index < -0.39 is 0 Å². The molecule has 0 aliphatic carbocycles. The van der Waals surface area contributed by atoms with E-state index in [4.69, 9.17) is 4.74 Å². The Morgan fingerprint density at radius 3 is 3.29 bits per heavy atom. The zero-order valence-electron chi connectivity index (χ0n) is 8.28. The molecule has 0 saturated carbocycles. The van der Waals surface area contributed by atoms with Crippen LogP contribution in [0.5, 0.6) is 0 Å². The molecule has 3 heteroatoms. The van der Waals surface area contributed by atoms with Gasteiger partial charge in [-0.2, -0.15) is 0 Å². The first kappa shape index (κ1) is 9.62. The van der Waals surface area contributed by atoms with Crippen molar-refractivity contribution < 1.29 is 4.74 Å². The fraction of sp³-hybridized carbons (Fsp3) is 0.545. The maximum atomic E-state index is 5.51. The van der Waals surface area contributed by atoms with E-state index in [2.05, 4.69) is 16.4 Å². The van der Waals surface area contributed by atoms with Crippen molar-refractivity contribution in [3.8, 4) is 0 Å². The Hall–Kier alpha value is -0.930. The SMILES string of the molecule is c1cncc(CNCC2CCCO2)c1. The second-order valence-corrected chi connectivity index (χ2v) is 3.63. The molecule has 1 aromatic rings. The maximum Gasteiger partial charge on any atom is 0.0700 e. The smallest absolute Gasteiger partial charge is 0.0700 e. The van der Waals surface area contributed by atoms with Gasteiger partial charge in [0.05, 0.1) is 6.10 Å². The molecule has 1 aliphatic rings. The summed E-state index contributed by atoms with van der Waals surface area (Å²) in [5, 5.41) is 3.38. The molecule has 1 aliphatic heterocycles. The summed E-state index contributed by atoms with van der Waals surface area (Å²) in [7, 11) is 0. The third-order valence-electron chi connectivity index (χ3n) is 2.45. The monoisotopic (exact) mass is 192 g/mol. The normalized spacial score (nSPS) is 21.3. The molecule has 1 saturated heterocycles. The molecular weight excluding hydrogens is 176 g/mol. The van der Waals surface area contributed by atoms with Gasteiger partial charge in [-0.1, -0.05) is 6.07 Å². The van der Waals surface area contributed by atoms with E-state index in [9.17, 15) is 0 Å². The highest BCUT2D eigenvalue weighted by molar-refractivity contribution is 5.07. The summed E-state index contributed by atoms with van der Waals surface area (Å²) in [6.45, 7) is 2.77. The van der Waals surface area contributed by atoms with Crippen LogP contribution < -0.4 is 5.32 Å². The highest BCUT2D eigenvalue weighted by Crippen LogP contribution is 2.10. The molecule has 0 spiro atoms. The van der Waals surface area contributed by atoms with Gasteiger partial charge in [-0.3, -0.25) is 4.98 Å². The van der Waals surface area contributed by atoms with E-state index in [0.29, 0.717) is 6.10 Å². The lowest BCUT2D eigenvalue weighted by molar-refractivity contribution is 0.110. The van der Waals surface area contributed by atoms with E-state index in [1.807, 2.05) is 12.3 Å². The van der Waals surface area contributed by atoms with E-state index in [1.54, 1.807) is 6.20 Å². The number of nitrogens with zero attached hydrogens (tertiary/aromatic N) is 1. The summed E-state index contributed by atoms with van der Waals surface area (Å²) in [6.07, 6.45) is 6.51. The lowest BCUT2D eigenvalue weighted by atomic mass is 10.2. The van der Waals surface area contributed by atoms with Crippen molar-refractivity contribution in [2.24, 2.45) is 0 Å². The number of hydrogen-bond acceptors (Lipinski definition) is 3. The van der Waals surface area contributed by atoms with Crippen LogP contribution in [-0.4, -0.2) is 24.2 Å². The average molecular weight is 192 g/mol. The van der Waals surface area contributed by atoms with Gasteiger partial charge in [0.2, 0.25) is 0 Å². The van der Waals surface area contributed by atoms with Crippen LogP contribution in [0.4, 0.5) is 0 Å². The summed E-state index contributed by atoms with van der Waals surface area (Å²) in [6, 6.07) is 4.04. The molecule has 1 atom stereocenters.